The Morgan fingerprint density at radius 1 is 1.22 bits per heavy atom. The van der Waals surface area contributed by atoms with Gasteiger partial charge in [0.1, 0.15) is 6.07 Å². The maximum Gasteiger partial charge on any atom is 0.185 e. The first-order valence-electron chi connectivity index (χ1n) is 6.80. The van der Waals surface area contributed by atoms with Gasteiger partial charge in [0.2, 0.25) is 0 Å². The molecule has 116 valence electrons. The molecule has 0 aliphatic heterocycles. The Morgan fingerprint density at radius 3 is 2.61 bits per heavy atom. The fourth-order valence-electron chi connectivity index (χ4n) is 1.90. The van der Waals surface area contributed by atoms with Gasteiger partial charge in [0.05, 0.1) is 7.11 Å². The number of methoxy groups -OCH3 is 1. The maximum atomic E-state index is 12.1. The first kappa shape index (κ1) is 16.8. The van der Waals surface area contributed by atoms with Crippen LogP contribution in [0.1, 0.15) is 15.9 Å². The number of nitrogens with zero attached hydrogens (tertiary/aromatic N) is 1. The Labute approximate surface area is 143 Å². The van der Waals surface area contributed by atoms with E-state index < -0.39 is 0 Å². The van der Waals surface area contributed by atoms with Crippen molar-refractivity contribution in [2.75, 3.05) is 13.7 Å². The fraction of sp³-hybridized carbons (Fsp3) is 0.111. The van der Waals surface area contributed by atoms with Crippen molar-refractivity contribution < 1.29 is 14.3 Å². The van der Waals surface area contributed by atoms with Gasteiger partial charge < -0.3 is 9.47 Å². The molecule has 0 saturated heterocycles. The minimum atomic E-state index is -0.0822. The molecular weight excluding hydrogens is 358 g/mol. The highest BCUT2D eigenvalue weighted by molar-refractivity contribution is 9.10. The van der Waals surface area contributed by atoms with Crippen LogP contribution in [0.25, 0.3) is 6.08 Å². The number of rotatable bonds is 6. The normalized spacial score (nSPS) is 10.3. The lowest BCUT2D eigenvalue weighted by atomic mass is 10.1. The molecule has 0 N–H and O–H groups in total. The van der Waals surface area contributed by atoms with Crippen molar-refractivity contribution >= 4 is 27.8 Å². The van der Waals surface area contributed by atoms with E-state index in [9.17, 15) is 4.79 Å². The first-order valence-corrected chi connectivity index (χ1v) is 7.59. The number of ketones is 1. The zero-order valence-electron chi connectivity index (χ0n) is 12.5. The number of ether oxygens (including phenoxy) is 2. The van der Waals surface area contributed by atoms with Gasteiger partial charge in [0.15, 0.2) is 23.9 Å². The van der Waals surface area contributed by atoms with E-state index in [0.29, 0.717) is 17.1 Å². The first-order chi connectivity index (χ1) is 11.1. The SMILES string of the molecule is COc1cc(/C=C/C(=O)c2ccc(Br)cc2)ccc1OCC#N. The van der Waals surface area contributed by atoms with Gasteiger partial charge in [-0.3, -0.25) is 4.79 Å². The Kier molecular flexibility index (Phi) is 5.95. The second-order valence-corrected chi connectivity index (χ2v) is 5.48. The van der Waals surface area contributed by atoms with Crippen molar-refractivity contribution in [2.45, 2.75) is 0 Å². The molecule has 0 unspecified atom stereocenters. The number of allylic oxidation sites excluding steroid dienone is 1. The molecule has 0 atom stereocenters. The molecule has 4 nitrogen and oxygen atoms in total. The van der Waals surface area contributed by atoms with E-state index >= 15 is 0 Å². The summed E-state index contributed by atoms with van der Waals surface area (Å²) in [7, 11) is 1.52. The van der Waals surface area contributed by atoms with Gasteiger partial charge in [-0.2, -0.15) is 5.26 Å². The summed E-state index contributed by atoms with van der Waals surface area (Å²) in [4.78, 5) is 12.1. The third-order valence-corrected chi connectivity index (χ3v) is 3.56. The van der Waals surface area contributed by atoms with E-state index in [1.54, 1.807) is 36.4 Å². The van der Waals surface area contributed by atoms with Crippen molar-refractivity contribution in [1.82, 2.24) is 0 Å². The quantitative estimate of drug-likeness (QED) is 0.562. The number of nitriles is 1. The van der Waals surface area contributed by atoms with E-state index in [4.69, 9.17) is 14.7 Å². The van der Waals surface area contributed by atoms with Crippen LogP contribution in [0.2, 0.25) is 0 Å². The molecule has 2 aromatic rings. The summed E-state index contributed by atoms with van der Waals surface area (Å²) in [6.07, 6.45) is 3.22. The summed E-state index contributed by atoms with van der Waals surface area (Å²) in [5, 5.41) is 8.55. The van der Waals surface area contributed by atoms with Gasteiger partial charge in [-0.25, -0.2) is 0 Å². The minimum Gasteiger partial charge on any atom is -0.493 e. The molecule has 0 radical (unpaired) electrons. The fourth-order valence-corrected chi connectivity index (χ4v) is 2.16. The summed E-state index contributed by atoms with van der Waals surface area (Å²) >= 11 is 3.34. The Morgan fingerprint density at radius 2 is 1.96 bits per heavy atom. The highest BCUT2D eigenvalue weighted by atomic mass is 79.9. The molecule has 0 heterocycles. The lowest BCUT2D eigenvalue weighted by Crippen LogP contribution is -1.97. The monoisotopic (exact) mass is 371 g/mol. The van der Waals surface area contributed by atoms with Crippen LogP contribution in [-0.2, 0) is 0 Å². The van der Waals surface area contributed by atoms with Crippen LogP contribution < -0.4 is 9.47 Å². The molecule has 0 aliphatic carbocycles. The molecule has 0 aromatic heterocycles. The third kappa shape index (κ3) is 4.70. The van der Waals surface area contributed by atoms with E-state index in [2.05, 4.69) is 15.9 Å². The number of hydrogen-bond donors (Lipinski definition) is 0. The molecule has 0 bridgehead atoms. The van der Waals surface area contributed by atoms with Gasteiger partial charge in [-0.1, -0.05) is 28.1 Å². The van der Waals surface area contributed by atoms with Crippen LogP contribution >= 0.6 is 15.9 Å². The van der Waals surface area contributed by atoms with Gasteiger partial charge in [0, 0.05) is 10.0 Å². The van der Waals surface area contributed by atoms with E-state index in [0.717, 1.165) is 10.0 Å². The number of hydrogen-bond acceptors (Lipinski definition) is 4. The lowest BCUT2D eigenvalue weighted by Gasteiger charge is -2.08. The van der Waals surface area contributed by atoms with Crippen LogP contribution in [0.3, 0.4) is 0 Å². The van der Waals surface area contributed by atoms with Crippen LogP contribution in [0.15, 0.2) is 53.0 Å². The summed E-state index contributed by atoms with van der Waals surface area (Å²) in [6, 6.07) is 14.3. The molecule has 0 saturated carbocycles. The van der Waals surface area contributed by atoms with Crippen LogP contribution in [0.4, 0.5) is 0 Å². The Hall–Kier alpha value is -2.58. The predicted octanol–water partition coefficient (Wildman–Crippen LogP) is 4.26. The molecule has 0 spiro atoms. The van der Waals surface area contributed by atoms with E-state index in [1.807, 2.05) is 18.2 Å². The molecule has 2 rings (SSSR count). The van der Waals surface area contributed by atoms with E-state index in [-0.39, 0.29) is 12.4 Å². The van der Waals surface area contributed by atoms with Gasteiger partial charge >= 0.3 is 0 Å². The third-order valence-electron chi connectivity index (χ3n) is 3.04. The number of benzene rings is 2. The summed E-state index contributed by atoms with van der Waals surface area (Å²) in [5.74, 6) is 0.921. The minimum absolute atomic E-state index is 0.0480. The smallest absolute Gasteiger partial charge is 0.185 e. The van der Waals surface area contributed by atoms with Crippen molar-refractivity contribution in [3.63, 3.8) is 0 Å². The average molecular weight is 372 g/mol. The number of carbonyl (C=O) groups is 1. The Bertz CT molecular complexity index is 761. The molecular formula is C18H14BrNO3. The lowest BCUT2D eigenvalue weighted by molar-refractivity contribution is 0.104. The molecule has 2 aromatic carbocycles. The highest BCUT2D eigenvalue weighted by Crippen LogP contribution is 2.28. The van der Waals surface area contributed by atoms with Crippen LogP contribution in [-0.4, -0.2) is 19.5 Å². The second kappa shape index (κ2) is 8.16. The average Bonchev–Trinajstić information content (AvgIpc) is 2.58. The topological polar surface area (TPSA) is 59.3 Å². The van der Waals surface area contributed by atoms with Gasteiger partial charge in [-0.15, -0.1) is 0 Å². The molecule has 5 heteroatoms. The zero-order valence-corrected chi connectivity index (χ0v) is 14.0. The van der Waals surface area contributed by atoms with Crippen LogP contribution in [0.5, 0.6) is 11.5 Å². The van der Waals surface area contributed by atoms with Gasteiger partial charge in [-0.05, 0) is 48.0 Å². The predicted molar refractivity (Wildman–Crippen MR) is 91.6 cm³/mol. The standard InChI is InChI=1S/C18H14BrNO3/c1-22-18-12-13(3-9-17(18)23-11-10-20)2-8-16(21)14-4-6-15(19)7-5-14/h2-9,12H,11H2,1H3/b8-2+. The molecule has 0 amide bonds. The van der Waals surface area contributed by atoms with Crippen molar-refractivity contribution in [3.05, 3.63) is 64.1 Å². The van der Waals surface area contributed by atoms with Crippen molar-refractivity contribution in [1.29, 1.82) is 5.26 Å². The molecule has 23 heavy (non-hydrogen) atoms. The maximum absolute atomic E-state index is 12.1. The number of carbonyl (C=O) groups excluding carboxylic acids is 1. The molecule has 0 aliphatic rings. The highest BCUT2D eigenvalue weighted by Gasteiger charge is 2.05. The summed E-state index contributed by atoms with van der Waals surface area (Å²) in [5.41, 5.74) is 1.42. The number of halogens is 1. The zero-order chi connectivity index (χ0) is 16.7. The van der Waals surface area contributed by atoms with Crippen LogP contribution in [0, 0.1) is 11.3 Å². The second-order valence-electron chi connectivity index (χ2n) is 4.56. The van der Waals surface area contributed by atoms with Crippen molar-refractivity contribution in [3.8, 4) is 17.6 Å². The Balaban J connectivity index is 2.14. The van der Waals surface area contributed by atoms with Gasteiger partial charge in [0.25, 0.3) is 0 Å². The summed E-state index contributed by atoms with van der Waals surface area (Å²) in [6.45, 7) is -0.0480. The van der Waals surface area contributed by atoms with E-state index in [1.165, 1.54) is 13.2 Å². The summed E-state index contributed by atoms with van der Waals surface area (Å²) < 4.78 is 11.4. The largest absolute Gasteiger partial charge is 0.493 e. The molecule has 0 fully saturated rings. The van der Waals surface area contributed by atoms with Crippen molar-refractivity contribution in [2.24, 2.45) is 0 Å².